The molecule has 0 spiro atoms. The van der Waals surface area contributed by atoms with Gasteiger partial charge in [0.2, 0.25) is 0 Å². The lowest BCUT2D eigenvalue weighted by Gasteiger charge is -2.17. The lowest BCUT2D eigenvalue weighted by Crippen LogP contribution is -2.68. The summed E-state index contributed by atoms with van der Waals surface area (Å²) in [6, 6.07) is 21.2. The second-order valence-electron chi connectivity index (χ2n) is 7.54. The molecule has 0 fully saturated rings. The van der Waals surface area contributed by atoms with Gasteiger partial charge in [0.1, 0.15) is 14.1 Å². The fourth-order valence-corrected chi connectivity index (χ4v) is 4.22. The highest BCUT2D eigenvalue weighted by Crippen LogP contribution is 2.41. The minimum Gasteiger partial charge on any atom is -0.235 e. The fraction of sp³-hybridized carbons (Fsp3) is 0.0741. The van der Waals surface area contributed by atoms with E-state index in [1.165, 1.54) is 37.8 Å². The Labute approximate surface area is 206 Å². The number of allylic oxidation sites excluding steroid dienone is 10. The molecule has 0 bridgehead atoms. The van der Waals surface area contributed by atoms with E-state index in [2.05, 4.69) is 128 Å². The average Bonchev–Trinajstić information content (AvgIpc) is 2.83. The molecular formula is C27H24ClNO4S. The predicted molar refractivity (Wildman–Crippen MR) is 128 cm³/mol. The summed E-state index contributed by atoms with van der Waals surface area (Å²) in [6.45, 7) is 0. The number of hydrogen-bond donors (Lipinski definition) is 0. The van der Waals surface area contributed by atoms with Crippen LogP contribution in [0.3, 0.4) is 0 Å². The van der Waals surface area contributed by atoms with Crippen molar-refractivity contribution in [3.05, 3.63) is 131 Å². The van der Waals surface area contributed by atoms with E-state index in [-0.39, 0.29) is 0 Å². The first kappa shape index (κ1) is 25.6. The molecule has 0 saturated heterocycles. The van der Waals surface area contributed by atoms with Crippen molar-refractivity contribution in [3.8, 4) is 0 Å². The minimum atomic E-state index is -4.94. The molecule has 5 nitrogen and oxygen atoms in total. The SMILES string of the molecule is C[N+](C)=C1C=CC(=C/C=C2/C=C(c3ccccc3)C=C(c3ccccc3)S2)C=C1.[O-][Cl+3]([O-])([O-])[O-]. The van der Waals surface area contributed by atoms with Gasteiger partial charge in [-0.3, -0.25) is 0 Å². The summed E-state index contributed by atoms with van der Waals surface area (Å²) in [5.41, 5.74) is 6.14. The highest BCUT2D eigenvalue weighted by atomic mass is 35.7. The molecule has 34 heavy (non-hydrogen) atoms. The molecule has 0 radical (unpaired) electrons. The van der Waals surface area contributed by atoms with E-state index in [0.717, 1.165) is 0 Å². The maximum absolute atomic E-state index is 8.49. The molecular weight excluding hydrogens is 470 g/mol. The normalized spacial score (nSPS) is 16.5. The van der Waals surface area contributed by atoms with Gasteiger partial charge >= 0.3 is 0 Å². The summed E-state index contributed by atoms with van der Waals surface area (Å²) in [4.78, 5) is 2.51. The molecule has 7 heteroatoms. The van der Waals surface area contributed by atoms with Crippen molar-refractivity contribution in [1.29, 1.82) is 0 Å². The number of benzene rings is 2. The van der Waals surface area contributed by atoms with Gasteiger partial charge in [0, 0.05) is 22.0 Å². The zero-order valence-corrected chi connectivity index (χ0v) is 20.3. The summed E-state index contributed by atoms with van der Waals surface area (Å²) in [5, 5.41) is 0. The molecule has 0 atom stereocenters. The fourth-order valence-electron chi connectivity index (χ4n) is 3.21. The Hall–Kier alpha value is -2.97. The third-order valence-electron chi connectivity index (χ3n) is 4.83. The van der Waals surface area contributed by atoms with Gasteiger partial charge in [0.05, 0.1) is 0 Å². The summed E-state index contributed by atoms with van der Waals surface area (Å²) < 4.78 is 36.1. The predicted octanol–water partition coefficient (Wildman–Crippen LogP) is 1.75. The first-order valence-corrected chi connectivity index (χ1v) is 12.4. The molecule has 0 amide bonds. The number of thioether (sulfide) groups is 1. The van der Waals surface area contributed by atoms with Crippen molar-refractivity contribution in [2.24, 2.45) is 0 Å². The largest absolute Gasteiger partial charge is 0.235 e. The Morgan fingerprint density at radius 3 is 1.76 bits per heavy atom. The topological polar surface area (TPSA) is 95.2 Å². The van der Waals surface area contributed by atoms with E-state index in [0.29, 0.717) is 0 Å². The number of nitrogens with zero attached hydrogens (tertiary/aromatic N) is 1. The van der Waals surface area contributed by atoms with Crippen LogP contribution in [0.5, 0.6) is 0 Å². The Morgan fingerprint density at radius 2 is 1.24 bits per heavy atom. The molecule has 1 heterocycles. The Morgan fingerprint density at radius 1 is 0.706 bits per heavy atom. The maximum atomic E-state index is 8.49. The Kier molecular flexibility index (Phi) is 9.01. The molecule has 0 unspecified atom stereocenters. The second-order valence-corrected chi connectivity index (χ2v) is 9.41. The van der Waals surface area contributed by atoms with Gasteiger partial charge in [0.25, 0.3) is 0 Å². The lowest BCUT2D eigenvalue weighted by molar-refractivity contribution is -2.00. The third kappa shape index (κ3) is 8.43. The highest BCUT2D eigenvalue weighted by molar-refractivity contribution is 8.12. The van der Waals surface area contributed by atoms with E-state index in [4.69, 9.17) is 18.6 Å². The van der Waals surface area contributed by atoms with Gasteiger partial charge < -0.3 is 0 Å². The van der Waals surface area contributed by atoms with Gasteiger partial charge in [0.15, 0.2) is 5.71 Å². The zero-order chi connectivity index (χ0) is 24.6. The van der Waals surface area contributed by atoms with E-state index in [1.807, 2.05) is 11.8 Å². The smallest absolute Gasteiger partial charge is 0.199 e. The first-order valence-electron chi connectivity index (χ1n) is 10.4. The van der Waals surface area contributed by atoms with Gasteiger partial charge in [-0.2, -0.15) is 0 Å². The zero-order valence-electron chi connectivity index (χ0n) is 18.8. The lowest BCUT2D eigenvalue weighted by atomic mass is 10.0. The molecule has 0 saturated carbocycles. The molecule has 2 aromatic carbocycles. The van der Waals surface area contributed by atoms with Crippen molar-refractivity contribution in [2.45, 2.75) is 0 Å². The van der Waals surface area contributed by atoms with Crippen molar-refractivity contribution < 1.29 is 33.5 Å². The molecule has 0 N–H and O–H groups in total. The molecule has 2 aromatic rings. The standard InChI is InChI=1S/C27H24NS.ClHO4/c1-28(2)25-16-13-21(14-17-25)15-18-26-19-24(22-9-5-3-6-10-22)20-27(29-26)23-11-7-4-8-12-23;2-1(3,4)5/h3-20H,1-2H3;(H,2,3,4,5)/q+1;/p-1/b26-18-;. The molecule has 2 aliphatic rings. The van der Waals surface area contributed by atoms with Crippen molar-refractivity contribution >= 4 is 28.0 Å². The van der Waals surface area contributed by atoms with Gasteiger partial charge in [-0.25, -0.2) is 23.2 Å². The van der Waals surface area contributed by atoms with Crippen LogP contribution < -0.4 is 18.6 Å². The molecule has 1 aliphatic heterocycles. The van der Waals surface area contributed by atoms with Gasteiger partial charge in [-0.15, -0.1) is 10.2 Å². The maximum Gasteiger partial charge on any atom is 0.199 e. The molecule has 4 rings (SSSR count). The third-order valence-corrected chi connectivity index (χ3v) is 5.89. The summed E-state index contributed by atoms with van der Waals surface area (Å²) in [7, 11) is -0.820. The molecule has 1 aliphatic carbocycles. The number of halogens is 1. The molecule has 174 valence electrons. The summed E-state index contributed by atoms with van der Waals surface area (Å²) in [5.74, 6) is 0. The number of hydrogen-bond acceptors (Lipinski definition) is 5. The Balaban J connectivity index is 0.000000588. The monoisotopic (exact) mass is 493 g/mol. The van der Waals surface area contributed by atoms with Crippen LogP contribution >= 0.6 is 11.8 Å². The van der Waals surface area contributed by atoms with Crippen LogP contribution in [0, 0.1) is 10.2 Å². The van der Waals surface area contributed by atoms with Crippen LogP contribution in [0.4, 0.5) is 0 Å². The van der Waals surface area contributed by atoms with E-state index >= 15 is 0 Å². The quantitative estimate of drug-likeness (QED) is 0.607. The van der Waals surface area contributed by atoms with E-state index < -0.39 is 10.2 Å². The van der Waals surface area contributed by atoms with E-state index in [9.17, 15) is 0 Å². The minimum absolute atomic E-state index is 1.20. The Bertz CT molecular complexity index is 1190. The van der Waals surface area contributed by atoms with Crippen LogP contribution in [-0.2, 0) is 0 Å². The van der Waals surface area contributed by atoms with Crippen LogP contribution in [0.1, 0.15) is 11.1 Å². The van der Waals surface area contributed by atoms with Gasteiger partial charge in [-0.1, -0.05) is 78.5 Å². The van der Waals surface area contributed by atoms with Crippen molar-refractivity contribution in [1.82, 2.24) is 0 Å². The van der Waals surface area contributed by atoms with Crippen LogP contribution in [-0.4, -0.2) is 24.4 Å². The summed E-state index contributed by atoms with van der Waals surface area (Å²) >= 11 is 1.82. The van der Waals surface area contributed by atoms with Crippen LogP contribution in [0.15, 0.2) is 120 Å². The summed E-state index contributed by atoms with van der Waals surface area (Å²) in [6.07, 6.45) is 17.6. The second kappa shape index (κ2) is 11.9. The molecule has 0 aromatic heterocycles. The van der Waals surface area contributed by atoms with Crippen LogP contribution in [0.2, 0.25) is 0 Å². The van der Waals surface area contributed by atoms with Crippen molar-refractivity contribution in [2.75, 3.05) is 14.1 Å². The van der Waals surface area contributed by atoms with Gasteiger partial charge in [-0.05, 0) is 52.7 Å². The van der Waals surface area contributed by atoms with E-state index in [1.54, 1.807) is 0 Å². The van der Waals surface area contributed by atoms with Crippen molar-refractivity contribution in [3.63, 3.8) is 0 Å². The number of rotatable bonds is 3. The first-order chi connectivity index (χ1) is 16.2. The average molecular weight is 494 g/mol. The highest BCUT2D eigenvalue weighted by Gasteiger charge is 2.13. The van der Waals surface area contributed by atoms with Crippen LogP contribution in [0.25, 0.3) is 10.5 Å².